The number of benzene rings is 2. The molecule has 0 radical (unpaired) electrons. The van der Waals surface area contributed by atoms with Gasteiger partial charge in [0.2, 0.25) is 23.5 Å². The Kier molecular flexibility index (Phi) is 16.1. The van der Waals surface area contributed by atoms with Gasteiger partial charge in [0, 0.05) is 62.7 Å². The highest BCUT2D eigenvalue weighted by atomic mass is 32.1. The number of morpholine rings is 1. The van der Waals surface area contributed by atoms with E-state index in [0.29, 0.717) is 81.2 Å². The van der Waals surface area contributed by atoms with Crippen LogP contribution in [0.15, 0.2) is 54.2 Å². The predicted octanol–water partition coefficient (Wildman–Crippen LogP) is 5.71. The number of aliphatic hydroxyl groups is 1. The van der Waals surface area contributed by atoms with Crippen molar-refractivity contribution in [3.8, 4) is 27.4 Å². The predicted molar refractivity (Wildman–Crippen MR) is 260 cm³/mol. The molecule has 1 saturated carbocycles. The molecule has 0 bridgehead atoms. The molecule has 2 aromatic carbocycles. The van der Waals surface area contributed by atoms with Crippen LogP contribution in [0, 0.1) is 24.0 Å². The number of carbonyl (C=O) groups is 4. The second kappa shape index (κ2) is 22.2. The fourth-order valence-electron chi connectivity index (χ4n) is 8.63. The number of aliphatic hydroxyl groups excluding tert-OH is 1. The lowest BCUT2D eigenvalue weighted by Crippen LogP contribution is -2.59. The van der Waals surface area contributed by atoms with Gasteiger partial charge in [-0.05, 0) is 78.4 Å². The van der Waals surface area contributed by atoms with Gasteiger partial charge < -0.3 is 40.3 Å². The van der Waals surface area contributed by atoms with Gasteiger partial charge in [-0.2, -0.15) is 4.39 Å². The number of unbranched alkanes of at least 4 members (excludes halogenated alkanes) is 1. The molecule has 380 valence electrons. The van der Waals surface area contributed by atoms with Crippen molar-refractivity contribution < 1.29 is 46.9 Å². The van der Waals surface area contributed by atoms with Crippen LogP contribution in [-0.2, 0) is 36.9 Å². The average molecular weight is 1020 g/mol. The van der Waals surface area contributed by atoms with Crippen LogP contribution in [0.3, 0.4) is 0 Å². The summed E-state index contributed by atoms with van der Waals surface area (Å²) >= 11 is 2.77. The summed E-state index contributed by atoms with van der Waals surface area (Å²) in [5.74, 6) is -4.78. The monoisotopic (exact) mass is 1020 g/mol. The highest BCUT2D eigenvalue weighted by Gasteiger charge is 2.53. The summed E-state index contributed by atoms with van der Waals surface area (Å²) in [6.45, 7) is 10.3. The van der Waals surface area contributed by atoms with Crippen LogP contribution in [0.2, 0.25) is 0 Å². The van der Waals surface area contributed by atoms with E-state index in [1.54, 1.807) is 43.2 Å². The third-order valence-electron chi connectivity index (χ3n) is 12.9. The minimum atomic E-state index is -2.02. The number of ether oxygens (including phenoxy) is 2. The van der Waals surface area contributed by atoms with Gasteiger partial charge in [-0.3, -0.25) is 19.2 Å². The summed E-state index contributed by atoms with van der Waals surface area (Å²) in [4.78, 5) is 63.7. The van der Waals surface area contributed by atoms with E-state index < -0.39 is 64.7 Å². The summed E-state index contributed by atoms with van der Waals surface area (Å²) in [6, 6.07) is 6.82. The number of halogens is 3. The number of rotatable bonds is 20. The van der Waals surface area contributed by atoms with Crippen LogP contribution in [-0.4, -0.2) is 128 Å². The van der Waals surface area contributed by atoms with Crippen molar-refractivity contribution >= 4 is 51.6 Å². The second-order valence-electron chi connectivity index (χ2n) is 19.3. The average Bonchev–Trinajstić information content (AvgIpc) is 3.85. The number of carbonyl (C=O) groups excluding carboxylic acids is 4. The van der Waals surface area contributed by atoms with E-state index in [1.807, 2.05) is 31.2 Å². The number of alkyl halides is 1. The Bertz CT molecular complexity index is 2680. The van der Waals surface area contributed by atoms with E-state index in [2.05, 4.69) is 40.5 Å². The maximum absolute atomic E-state index is 15.2. The van der Waals surface area contributed by atoms with E-state index in [-0.39, 0.29) is 50.5 Å². The van der Waals surface area contributed by atoms with Gasteiger partial charge in [-0.15, -0.1) is 16.4 Å². The summed E-state index contributed by atoms with van der Waals surface area (Å²) in [5, 5.41) is 30.1. The first-order chi connectivity index (χ1) is 34.0. The normalized spacial score (nSPS) is 18.5. The number of aromatic nitrogens is 5. The number of β-amino-alcohol motifs (C(OH)–C–C–N with tert-alkyl or cyclic N) is 1. The first-order valence-corrected chi connectivity index (χ1v) is 25.5. The van der Waals surface area contributed by atoms with Crippen LogP contribution in [0.25, 0.3) is 21.7 Å². The van der Waals surface area contributed by atoms with Crippen LogP contribution in [0.4, 0.5) is 18.3 Å². The first kappa shape index (κ1) is 51.4. The lowest BCUT2D eigenvalue weighted by molar-refractivity contribution is -0.145. The van der Waals surface area contributed by atoms with Crippen molar-refractivity contribution in [1.82, 2.24) is 45.2 Å². The zero-order valence-electron chi connectivity index (χ0n) is 40.1. The summed E-state index contributed by atoms with van der Waals surface area (Å²) in [5.41, 5.74) is 1.21. The molecule has 2 aliphatic heterocycles. The van der Waals surface area contributed by atoms with Crippen molar-refractivity contribution in [2.45, 2.75) is 109 Å². The molecule has 3 aliphatic rings. The molecular weight excluding hydrogens is 962 g/mol. The van der Waals surface area contributed by atoms with Gasteiger partial charge in [-0.1, -0.05) is 50.3 Å². The fourth-order valence-corrected chi connectivity index (χ4v) is 10.3. The van der Waals surface area contributed by atoms with Gasteiger partial charge >= 0.3 is 0 Å². The maximum atomic E-state index is 15.2. The van der Waals surface area contributed by atoms with Crippen molar-refractivity contribution in [1.29, 1.82) is 0 Å². The highest BCUT2D eigenvalue weighted by Crippen LogP contribution is 2.41. The molecule has 3 fully saturated rings. The van der Waals surface area contributed by atoms with Crippen LogP contribution < -0.4 is 25.6 Å². The van der Waals surface area contributed by atoms with Crippen molar-refractivity contribution in [3.63, 3.8) is 0 Å². The SMILES string of the molecule is Cc1cnsc1-c1ccc(C(CC(=O)NCCCCn2nncc2CCOc2c(-c3csc(N4CCOCC4)n3)ccc(F)c2F)NC(=O)C2C[C@@H](O)CN2C(=O)[C@@H](NC(=O)C2(F)CC2)C(C)(C)C)cc1. The Labute approximate surface area is 417 Å². The molecule has 2 saturated heterocycles. The Morgan fingerprint density at radius 2 is 1.79 bits per heavy atom. The van der Waals surface area contributed by atoms with Crippen LogP contribution >= 0.6 is 22.9 Å². The third kappa shape index (κ3) is 12.4. The van der Waals surface area contributed by atoms with Gasteiger partial charge in [0.25, 0.3) is 5.91 Å². The lowest BCUT2D eigenvalue weighted by atomic mass is 9.85. The molecule has 4 atom stereocenters. The van der Waals surface area contributed by atoms with E-state index >= 15 is 4.39 Å². The molecule has 5 heterocycles. The van der Waals surface area contributed by atoms with E-state index in [0.717, 1.165) is 27.2 Å². The number of nitrogens with one attached hydrogen (secondary N) is 3. The third-order valence-corrected chi connectivity index (χ3v) is 14.8. The Morgan fingerprint density at radius 1 is 1.03 bits per heavy atom. The number of hydrogen-bond donors (Lipinski definition) is 4. The molecule has 17 nitrogen and oxygen atoms in total. The first-order valence-electron chi connectivity index (χ1n) is 23.8. The van der Waals surface area contributed by atoms with E-state index in [4.69, 9.17) is 9.47 Å². The smallest absolute Gasteiger partial charge is 0.258 e. The van der Waals surface area contributed by atoms with Gasteiger partial charge in [-0.25, -0.2) is 22.8 Å². The molecule has 5 aromatic rings. The maximum Gasteiger partial charge on any atom is 0.258 e. The molecule has 0 spiro atoms. The van der Waals surface area contributed by atoms with Crippen LogP contribution in [0.5, 0.6) is 5.75 Å². The molecule has 1 aliphatic carbocycles. The van der Waals surface area contributed by atoms with Gasteiger partial charge in [0.15, 0.2) is 22.4 Å². The molecule has 4 amide bonds. The van der Waals surface area contributed by atoms with E-state index in [9.17, 15) is 33.1 Å². The minimum absolute atomic E-state index is 0.00886. The van der Waals surface area contributed by atoms with E-state index in [1.165, 1.54) is 33.8 Å². The number of aryl methyl sites for hydroxylation is 2. The zero-order valence-corrected chi connectivity index (χ0v) is 41.7. The zero-order chi connectivity index (χ0) is 50.5. The van der Waals surface area contributed by atoms with Crippen molar-refractivity contribution in [3.05, 3.63) is 82.6 Å². The van der Waals surface area contributed by atoms with Gasteiger partial charge in [0.1, 0.15) is 12.1 Å². The second-order valence-corrected chi connectivity index (χ2v) is 21.0. The molecular formula is C49H59F3N10O7S2. The number of amides is 4. The number of hydrogen-bond acceptors (Lipinski definition) is 14. The Hall–Kier alpha value is -5.97. The Balaban J connectivity index is 0.865. The van der Waals surface area contributed by atoms with Crippen molar-refractivity contribution in [2.75, 3.05) is 50.9 Å². The number of nitrogens with zero attached hydrogens (tertiary/aromatic N) is 7. The highest BCUT2D eigenvalue weighted by molar-refractivity contribution is 7.14. The molecule has 3 aromatic heterocycles. The summed E-state index contributed by atoms with van der Waals surface area (Å²) in [7, 11) is 0. The minimum Gasteiger partial charge on any atom is -0.489 e. The molecule has 22 heteroatoms. The van der Waals surface area contributed by atoms with Gasteiger partial charge in [0.05, 0.1) is 60.8 Å². The van der Waals surface area contributed by atoms with Crippen molar-refractivity contribution in [2.24, 2.45) is 5.41 Å². The quantitative estimate of drug-likeness (QED) is 0.0693. The fraction of sp³-hybridized carbons (Fsp3) is 0.510. The topological polar surface area (TPSA) is 206 Å². The molecule has 8 rings (SSSR count). The van der Waals surface area contributed by atoms with Crippen LogP contribution in [0.1, 0.15) is 82.2 Å². The molecule has 2 unspecified atom stereocenters. The Morgan fingerprint density at radius 3 is 2.49 bits per heavy atom. The molecule has 4 N–H and O–H groups in total. The number of thiazole rings is 1. The standard InChI is InChI=1S/C49H59F3N10O7S2/c1-29-25-55-71-42(29)31-9-7-30(8-10-31)36(56-44(65)38-23-33(63)27-61(38)45(66)43(48(2,3)4)58-46(67)49(52)14-15-49)24-39(64)53-16-5-6-17-62-32(26-54-59-62)13-20-69-41-34(11-12-35(50)40(41)51)37-28-70-47(57-37)60-18-21-68-22-19-60/h7-12,25-26,28,33,36,38,43,63H,5-6,13-24,27H2,1-4H3,(H,53,64)(H,56,65)(H,58,67)/t33-,36?,38?,43-/m1/s1. The number of likely N-dealkylation sites (tertiary alicyclic amines) is 1. The molecule has 71 heavy (non-hydrogen) atoms. The summed E-state index contributed by atoms with van der Waals surface area (Å²) in [6.07, 6.45) is 3.71. The number of anilines is 1. The summed E-state index contributed by atoms with van der Waals surface area (Å²) < 4.78 is 61.7. The lowest BCUT2D eigenvalue weighted by Gasteiger charge is -2.36. The largest absolute Gasteiger partial charge is 0.489 e.